The first kappa shape index (κ1) is 25.2. The van der Waals surface area contributed by atoms with Crippen molar-refractivity contribution in [2.75, 3.05) is 31.7 Å². The number of sulfone groups is 1. The molecule has 28 heavy (non-hydrogen) atoms. The van der Waals surface area contributed by atoms with E-state index in [1.165, 1.54) is 11.8 Å². The molecule has 0 bridgehead atoms. The first-order chi connectivity index (χ1) is 12.9. The van der Waals surface area contributed by atoms with Crippen LogP contribution >= 0.6 is 24.0 Å². The zero-order valence-corrected chi connectivity index (χ0v) is 20.2. The first-order valence-electron chi connectivity index (χ1n) is 9.78. The molecule has 8 heteroatoms. The second-order valence-electron chi connectivity index (χ2n) is 7.29. The number of nitrogens with one attached hydrogen (secondary N) is 2. The molecular weight excluding hydrogens is 489 g/mol. The molecule has 1 saturated heterocycles. The summed E-state index contributed by atoms with van der Waals surface area (Å²) in [6.45, 7) is 6.23. The van der Waals surface area contributed by atoms with E-state index in [9.17, 15) is 8.42 Å². The number of rotatable bonds is 8. The molecule has 2 N–H and O–H groups in total. The lowest BCUT2D eigenvalue weighted by atomic mass is 9.89. The predicted octanol–water partition coefficient (Wildman–Crippen LogP) is 3.15. The van der Waals surface area contributed by atoms with Gasteiger partial charge in [0, 0.05) is 37.9 Å². The summed E-state index contributed by atoms with van der Waals surface area (Å²) < 4.78 is 28.8. The Labute approximate surface area is 186 Å². The third-order valence-corrected chi connectivity index (χ3v) is 5.68. The van der Waals surface area contributed by atoms with Crippen LogP contribution in [0.25, 0.3) is 0 Å². The van der Waals surface area contributed by atoms with Crippen molar-refractivity contribution in [2.45, 2.75) is 45.3 Å². The Hall–Kier alpha value is -0.870. The average Bonchev–Trinajstić information content (AvgIpc) is 2.65. The van der Waals surface area contributed by atoms with Crippen LogP contribution in [0.1, 0.15) is 44.8 Å². The largest absolute Gasteiger partial charge is 0.373 e. The highest BCUT2D eigenvalue weighted by atomic mass is 127. The molecule has 2 rings (SSSR count). The molecule has 1 aliphatic heterocycles. The van der Waals surface area contributed by atoms with E-state index in [4.69, 9.17) is 9.73 Å². The van der Waals surface area contributed by atoms with Gasteiger partial charge in [0.25, 0.3) is 0 Å². The smallest absolute Gasteiger partial charge is 0.191 e. The van der Waals surface area contributed by atoms with Gasteiger partial charge < -0.3 is 15.4 Å². The standard InChI is InChI=1S/C20H33N3O3S.HI/c1-4-21-20(23-16(2)12-14-27(3,24)25)22-15-18-11-8-13-26-19(18)17-9-6-5-7-10-17;/h5-7,9-10,16,18-19H,4,8,11-15H2,1-3H3,(H2,21,22,23);1H. The van der Waals surface area contributed by atoms with E-state index in [0.29, 0.717) is 18.9 Å². The zero-order valence-electron chi connectivity index (χ0n) is 17.1. The summed E-state index contributed by atoms with van der Waals surface area (Å²) in [5, 5.41) is 6.57. The van der Waals surface area contributed by atoms with Gasteiger partial charge in [0.2, 0.25) is 0 Å². The van der Waals surface area contributed by atoms with Crippen molar-refractivity contribution in [3.8, 4) is 0 Å². The lowest BCUT2D eigenvalue weighted by Crippen LogP contribution is -2.43. The van der Waals surface area contributed by atoms with Gasteiger partial charge >= 0.3 is 0 Å². The molecule has 160 valence electrons. The Bertz CT molecular complexity index is 698. The SMILES string of the molecule is CCNC(=NCC1CCCOC1c1ccccc1)NC(C)CCS(C)(=O)=O.I. The van der Waals surface area contributed by atoms with Crippen LogP contribution < -0.4 is 10.6 Å². The quantitative estimate of drug-likeness (QED) is 0.311. The normalized spacial score (nSPS) is 21.5. The van der Waals surface area contributed by atoms with E-state index >= 15 is 0 Å². The van der Waals surface area contributed by atoms with E-state index in [-0.39, 0.29) is 41.9 Å². The van der Waals surface area contributed by atoms with Crippen LogP contribution in [0.4, 0.5) is 0 Å². The minimum absolute atomic E-state index is 0. The number of hydrogen-bond acceptors (Lipinski definition) is 4. The molecule has 0 aliphatic carbocycles. The summed E-state index contributed by atoms with van der Waals surface area (Å²) in [6.07, 6.45) is 4.05. The Morgan fingerprint density at radius 3 is 2.68 bits per heavy atom. The highest BCUT2D eigenvalue weighted by Gasteiger charge is 2.27. The van der Waals surface area contributed by atoms with Crippen molar-refractivity contribution >= 4 is 39.8 Å². The maximum atomic E-state index is 11.4. The second kappa shape index (κ2) is 12.6. The molecule has 0 aromatic heterocycles. The van der Waals surface area contributed by atoms with Crippen LogP contribution in [0.3, 0.4) is 0 Å². The van der Waals surface area contributed by atoms with Gasteiger partial charge in [-0.05, 0) is 38.7 Å². The zero-order chi connectivity index (χ0) is 19.7. The lowest BCUT2D eigenvalue weighted by Gasteiger charge is -2.31. The first-order valence-corrected chi connectivity index (χ1v) is 11.8. The fourth-order valence-electron chi connectivity index (χ4n) is 3.27. The summed E-state index contributed by atoms with van der Waals surface area (Å²) in [5.41, 5.74) is 1.21. The molecule has 0 amide bonds. The number of nitrogens with zero attached hydrogens (tertiary/aromatic N) is 1. The molecule has 0 spiro atoms. The molecule has 0 radical (unpaired) electrons. The van der Waals surface area contributed by atoms with Gasteiger partial charge in [-0.1, -0.05) is 30.3 Å². The maximum Gasteiger partial charge on any atom is 0.191 e. The average molecular weight is 523 g/mol. The fourth-order valence-corrected chi connectivity index (χ4v) is 4.05. The molecule has 1 heterocycles. The number of ether oxygens (including phenoxy) is 1. The van der Waals surface area contributed by atoms with Crippen molar-refractivity contribution in [3.63, 3.8) is 0 Å². The number of hydrogen-bond donors (Lipinski definition) is 2. The van der Waals surface area contributed by atoms with E-state index in [1.54, 1.807) is 0 Å². The fraction of sp³-hybridized carbons (Fsp3) is 0.650. The van der Waals surface area contributed by atoms with E-state index in [1.807, 2.05) is 32.0 Å². The van der Waals surface area contributed by atoms with E-state index in [0.717, 1.165) is 32.0 Å². The summed E-state index contributed by atoms with van der Waals surface area (Å²) in [4.78, 5) is 4.76. The van der Waals surface area contributed by atoms with Gasteiger partial charge in [0.1, 0.15) is 9.84 Å². The van der Waals surface area contributed by atoms with Gasteiger partial charge in [-0.2, -0.15) is 0 Å². The Kier molecular flexibility index (Phi) is 11.4. The molecular formula is C20H34IN3O3S. The van der Waals surface area contributed by atoms with Gasteiger partial charge in [0.15, 0.2) is 5.96 Å². The molecule has 0 saturated carbocycles. The van der Waals surface area contributed by atoms with E-state index < -0.39 is 9.84 Å². The summed E-state index contributed by atoms with van der Waals surface area (Å²) in [6, 6.07) is 10.4. The van der Waals surface area contributed by atoms with Crippen molar-refractivity contribution in [1.82, 2.24) is 10.6 Å². The number of aliphatic imine (C=N–C) groups is 1. The summed E-state index contributed by atoms with van der Waals surface area (Å²) in [5.74, 6) is 1.24. The van der Waals surface area contributed by atoms with Gasteiger partial charge in [-0.3, -0.25) is 4.99 Å². The van der Waals surface area contributed by atoms with Gasteiger partial charge in [0.05, 0.1) is 11.9 Å². The van der Waals surface area contributed by atoms with Crippen molar-refractivity contribution in [2.24, 2.45) is 10.9 Å². The highest BCUT2D eigenvalue weighted by molar-refractivity contribution is 14.0. The van der Waals surface area contributed by atoms with Crippen LogP contribution in [0.2, 0.25) is 0 Å². The maximum absolute atomic E-state index is 11.4. The highest BCUT2D eigenvalue weighted by Crippen LogP contribution is 2.33. The minimum atomic E-state index is -2.95. The number of guanidine groups is 1. The van der Waals surface area contributed by atoms with Crippen LogP contribution in [0.15, 0.2) is 35.3 Å². The van der Waals surface area contributed by atoms with Crippen molar-refractivity contribution in [1.29, 1.82) is 0 Å². The second-order valence-corrected chi connectivity index (χ2v) is 9.55. The monoisotopic (exact) mass is 523 g/mol. The van der Waals surface area contributed by atoms with Crippen LogP contribution in [-0.2, 0) is 14.6 Å². The molecule has 1 aliphatic rings. The predicted molar refractivity (Wildman–Crippen MR) is 126 cm³/mol. The van der Waals surface area contributed by atoms with E-state index in [2.05, 4.69) is 22.8 Å². The number of benzene rings is 1. The number of halogens is 1. The van der Waals surface area contributed by atoms with Crippen molar-refractivity contribution < 1.29 is 13.2 Å². The van der Waals surface area contributed by atoms with Gasteiger partial charge in [-0.25, -0.2) is 8.42 Å². The van der Waals surface area contributed by atoms with Crippen molar-refractivity contribution in [3.05, 3.63) is 35.9 Å². The summed E-state index contributed by atoms with van der Waals surface area (Å²) >= 11 is 0. The van der Waals surface area contributed by atoms with Gasteiger partial charge in [-0.15, -0.1) is 24.0 Å². The Morgan fingerprint density at radius 1 is 1.32 bits per heavy atom. The molecule has 1 aromatic carbocycles. The molecule has 3 atom stereocenters. The molecule has 1 fully saturated rings. The van der Waals surface area contributed by atoms with Crippen LogP contribution in [0, 0.1) is 5.92 Å². The summed E-state index contributed by atoms with van der Waals surface area (Å²) in [7, 11) is -2.95. The molecule has 6 nitrogen and oxygen atoms in total. The van der Waals surface area contributed by atoms with Crippen LogP contribution in [0.5, 0.6) is 0 Å². The Balaban J connectivity index is 0.00000392. The Morgan fingerprint density at radius 2 is 2.04 bits per heavy atom. The third-order valence-electron chi connectivity index (χ3n) is 4.71. The third kappa shape index (κ3) is 9.09. The minimum Gasteiger partial charge on any atom is -0.373 e. The molecule has 1 aromatic rings. The lowest BCUT2D eigenvalue weighted by molar-refractivity contribution is -0.0250. The van der Waals surface area contributed by atoms with Crippen LogP contribution in [-0.4, -0.2) is 52.1 Å². The topological polar surface area (TPSA) is 79.8 Å². The molecule has 3 unspecified atom stereocenters.